The number of aromatic nitrogens is 3. The van der Waals surface area contributed by atoms with E-state index in [1.54, 1.807) is 6.20 Å². The second-order valence-electron chi connectivity index (χ2n) is 6.48. The maximum Gasteiger partial charge on any atom is 0.118 e. The zero-order valence-electron chi connectivity index (χ0n) is 14.3. The molecule has 6 nitrogen and oxygen atoms in total. The molecule has 0 aliphatic carbocycles. The number of aryl methyl sites for hydroxylation is 1. The van der Waals surface area contributed by atoms with Crippen LogP contribution in [0, 0.1) is 6.92 Å². The minimum Gasteiger partial charge on any atom is -0.465 e. The van der Waals surface area contributed by atoms with Crippen molar-refractivity contribution in [3.8, 4) is 0 Å². The van der Waals surface area contributed by atoms with Crippen molar-refractivity contribution in [2.45, 2.75) is 32.7 Å². The molecule has 0 bridgehead atoms. The van der Waals surface area contributed by atoms with Crippen LogP contribution in [0.1, 0.15) is 28.8 Å². The summed E-state index contributed by atoms with van der Waals surface area (Å²) in [6.45, 7) is 5.73. The van der Waals surface area contributed by atoms with Gasteiger partial charge in [-0.3, -0.25) is 14.6 Å². The van der Waals surface area contributed by atoms with Crippen LogP contribution in [0.25, 0.3) is 0 Å². The molecule has 0 unspecified atom stereocenters. The molecule has 1 atom stereocenters. The van der Waals surface area contributed by atoms with Crippen LogP contribution < -0.4 is 0 Å². The summed E-state index contributed by atoms with van der Waals surface area (Å²) in [5.74, 6) is 1.95. The van der Waals surface area contributed by atoms with Crippen molar-refractivity contribution in [2.75, 3.05) is 13.2 Å². The molecule has 0 radical (unpaired) electrons. The zero-order chi connectivity index (χ0) is 17.1. The Morgan fingerprint density at radius 2 is 2.20 bits per heavy atom. The van der Waals surface area contributed by atoms with Gasteiger partial charge in [-0.15, -0.1) is 0 Å². The molecule has 1 aliphatic rings. The summed E-state index contributed by atoms with van der Waals surface area (Å²) in [6.07, 6.45) is 5.48. The number of nitrogens with zero attached hydrogens (tertiary/aromatic N) is 4. The van der Waals surface area contributed by atoms with Crippen molar-refractivity contribution >= 4 is 0 Å². The molecule has 25 heavy (non-hydrogen) atoms. The van der Waals surface area contributed by atoms with Gasteiger partial charge in [0.05, 0.1) is 31.5 Å². The van der Waals surface area contributed by atoms with Crippen molar-refractivity contribution in [3.63, 3.8) is 0 Å². The van der Waals surface area contributed by atoms with E-state index in [0.717, 1.165) is 36.7 Å². The van der Waals surface area contributed by atoms with Crippen LogP contribution in [-0.2, 0) is 24.4 Å². The first kappa shape index (κ1) is 16.1. The lowest BCUT2D eigenvalue weighted by Gasteiger charge is -2.33. The van der Waals surface area contributed by atoms with Gasteiger partial charge >= 0.3 is 0 Å². The quantitative estimate of drug-likeness (QED) is 0.692. The minimum absolute atomic E-state index is 0.200. The van der Waals surface area contributed by atoms with Crippen LogP contribution in [0.15, 0.2) is 53.3 Å². The van der Waals surface area contributed by atoms with Crippen LogP contribution in [-0.4, -0.2) is 32.8 Å². The first-order valence-electron chi connectivity index (χ1n) is 8.54. The van der Waals surface area contributed by atoms with E-state index >= 15 is 0 Å². The molecule has 1 aliphatic heterocycles. The normalized spacial score (nSPS) is 17.6. The molecule has 3 aromatic heterocycles. The van der Waals surface area contributed by atoms with E-state index in [1.165, 1.54) is 5.69 Å². The van der Waals surface area contributed by atoms with E-state index in [2.05, 4.69) is 31.8 Å². The summed E-state index contributed by atoms with van der Waals surface area (Å²) in [5.41, 5.74) is 2.30. The van der Waals surface area contributed by atoms with Crippen molar-refractivity contribution in [1.82, 2.24) is 19.7 Å². The summed E-state index contributed by atoms with van der Waals surface area (Å²) in [6, 6.07) is 10.3. The second kappa shape index (κ2) is 7.21. The fourth-order valence-corrected chi connectivity index (χ4v) is 3.30. The average Bonchev–Trinajstić information content (AvgIpc) is 3.25. The zero-order valence-corrected chi connectivity index (χ0v) is 14.3. The highest BCUT2D eigenvalue weighted by atomic mass is 16.5. The summed E-state index contributed by atoms with van der Waals surface area (Å²) in [4.78, 5) is 6.50. The molecule has 0 saturated carbocycles. The van der Waals surface area contributed by atoms with Gasteiger partial charge in [0.25, 0.3) is 0 Å². The van der Waals surface area contributed by atoms with Crippen molar-refractivity contribution in [1.29, 1.82) is 0 Å². The predicted molar refractivity (Wildman–Crippen MR) is 92.7 cm³/mol. The van der Waals surface area contributed by atoms with E-state index in [0.29, 0.717) is 13.2 Å². The summed E-state index contributed by atoms with van der Waals surface area (Å²) in [5, 5.41) is 4.48. The molecular weight excluding hydrogens is 316 g/mol. The molecule has 0 aromatic carbocycles. The largest absolute Gasteiger partial charge is 0.465 e. The molecule has 3 aromatic rings. The van der Waals surface area contributed by atoms with Gasteiger partial charge < -0.3 is 9.15 Å². The Balaban J connectivity index is 1.40. The van der Waals surface area contributed by atoms with E-state index in [-0.39, 0.29) is 6.04 Å². The fourth-order valence-electron chi connectivity index (χ4n) is 3.30. The predicted octanol–water partition coefficient (Wildman–Crippen LogP) is 2.95. The Kier molecular flexibility index (Phi) is 4.63. The molecule has 0 amide bonds. The number of hydrogen-bond donors (Lipinski definition) is 0. The molecular formula is C19H22N4O2. The molecule has 0 fully saturated rings. The van der Waals surface area contributed by atoms with Crippen molar-refractivity contribution in [2.24, 2.45) is 0 Å². The first-order valence-corrected chi connectivity index (χ1v) is 8.54. The molecule has 0 N–H and O–H groups in total. The smallest absolute Gasteiger partial charge is 0.118 e. The number of ether oxygens (including phenoxy) is 1. The lowest BCUT2D eigenvalue weighted by Crippen LogP contribution is -2.39. The minimum atomic E-state index is 0.200. The molecule has 130 valence electrons. The molecule has 6 heteroatoms. The lowest BCUT2D eigenvalue weighted by atomic mass is 10.2. The third kappa shape index (κ3) is 3.81. The van der Waals surface area contributed by atoms with Crippen LogP contribution in [0.2, 0.25) is 0 Å². The SMILES string of the molecule is Cc1ccc(CN2Cc3ccnn3[C@H](COCc3cccnc3)C2)o1. The molecule has 0 saturated heterocycles. The Bertz CT molecular complexity index is 812. The molecule has 0 spiro atoms. The highest BCUT2D eigenvalue weighted by Gasteiger charge is 2.26. The molecule has 4 rings (SSSR count). The monoisotopic (exact) mass is 338 g/mol. The Labute approximate surface area is 147 Å². The van der Waals surface area contributed by atoms with Crippen LogP contribution >= 0.6 is 0 Å². The van der Waals surface area contributed by atoms with Gasteiger partial charge in [0.1, 0.15) is 11.5 Å². The van der Waals surface area contributed by atoms with Crippen molar-refractivity contribution in [3.05, 3.63) is 71.7 Å². The van der Waals surface area contributed by atoms with Gasteiger partial charge in [0.2, 0.25) is 0 Å². The number of fused-ring (bicyclic) bond motifs is 1. The van der Waals surface area contributed by atoms with E-state index < -0.39 is 0 Å². The van der Waals surface area contributed by atoms with Crippen LogP contribution in [0.3, 0.4) is 0 Å². The summed E-state index contributed by atoms with van der Waals surface area (Å²) >= 11 is 0. The summed E-state index contributed by atoms with van der Waals surface area (Å²) < 4.78 is 13.8. The van der Waals surface area contributed by atoms with E-state index in [4.69, 9.17) is 9.15 Å². The highest BCUT2D eigenvalue weighted by molar-refractivity contribution is 5.09. The molecule has 4 heterocycles. The maximum absolute atomic E-state index is 5.94. The average molecular weight is 338 g/mol. The first-order chi connectivity index (χ1) is 12.3. The van der Waals surface area contributed by atoms with E-state index in [9.17, 15) is 0 Å². The standard InChI is InChI=1S/C19H22N4O2/c1-15-4-5-19(25-15)12-22-10-17-6-8-21-23(17)18(11-22)14-24-13-16-3-2-7-20-9-16/h2-9,18H,10-14H2,1H3/t18-/m0/s1. The van der Waals surface area contributed by atoms with Crippen molar-refractivity contribution < 1.29 is 9.15 Å². The van der Waals surface area contributed by atoms with Gasteiger partial charge in [-0.1, -0.05) is 6.07 Å². The summed E-state index contributed by atoms with van der Waals surface area (Å²) in [7, 11) is 0. The second-order valence-corrected chi connectivity index (χ2v) is 6.48. The third-order valence-electron chi connectivity index (χ3n) is 4.43. The van der Waals surface area contributed by atoms with Gasteiger partial charge in [-0.2, -0.15) is 5.10 Å². The topological polar surface area (TPSA) is 56.3 Å². The Morgan fingerprint density at radius 1 is 1.24 bits per heavy atom. The van der Waals surface area contributed by atoms with Crippen LogP contribution in [0.5, 0.6) is 0 Å². The van der Waals surface area contributed by atoms with Gasteiger partial charge in [0.15, 0.2) is 0 Å². The third-order valence-corrected chi connectivity index (χ3v) is 4.43. The highest BCUT2D eigenvalue weighted by Crippen LogP contribution is 2.23. The number of rotatable bonds is 6. The number of hydrogen-bond acceptors (Lipinski definition) is 5. The Hall–Kier alpha value is -2.44. The maximum atomic E-state index is 5.94. The van der Waals surface area contributed by atoms with Gasteiger partial charge in [-0.05, 0) is 36.8 Å². The lowest BCUT2D eigenvalue weighted by molar-refractivity contribution is 0.0514. The number of furan rings is 1. The van der Waals surface area contributed by atoms with E-state index in [1.807, 2.05) is 37.5 Å². The Morgan fingerprint density at radius 3 is 3.00 bits per heavy atom. The van der Waals surface area contributed by atoms with Gasteiger partial charge in [-0.25, -0.2) is 0 Å². The fraction of sp³-hybridized carbons (Fsp3) is 0.368. The van der Waals surface area contributed by atoms with Crippen LogP contribution in [0.4, 0.5) is 0 Å². The van der Waals surface area contributed by atoms with Gasteiger partial charge in [0, 0.05) is 31.7 Å². The number of pyridine rings is 1.